The minimum Gasteiger partial charge on any atom is -0.379 e. The Bertz CT molecular complexity index is 2550. The summed E-state index contributed by atoms with van der Waals surface area (Å²) in [7, 11) is 6.39. The first-order chi connectivity index (χ1) is 45.2. The molecule has 26 nitrogen and oxygen atoms in total. The van der Waals surface area contributed by atoms with Gasteiger partial charge in [0.1, 0.15) is 17.1 Å². The van der Waals surface area contributed by atoms with E-state index in [0.29, 0.717) is 125 Å². The monoisotopic (exact) mass is 1340 g/mol. The Morgan fingerprint density at radius 3 is 1.70 bits per heavy atom. The molecule has 4 rings (SSSR count). The van der Waals surface area contributed by atoms with Gasteiger partial charge in [0, 0.05) is 78.1 Å². The number of likely N-dealkylation sites (N-methyl/N-ethyl adjacent to an activating group) is 2. The van der Waals surface area contributed by atoms with Crippen molar-refractivity contribution in [2.24, 2.45) is 23.7 Å². The normalized spacial score (nSPS) is 16.6. The van der Waals surface area contributed by atoms with Gasteiger partial charge in [0.25, 0.3) is 11.8 Å². The summed E-state index contributed by atoms with van der Waals surface area (Å²) in [6.45, 7) is 19.7. The molecule has 0 saturated carbocycles. The molecule has 530 valence electrons. The third-order valence-corrected chi connectivity index (χ3v) is 17.5. The number of rotatable bonds is 51. The van der Waals surface area contributed by atoms with Crippen LogP contribution in [-0.2, 0) is 92.1 Å². The number of imide groups is 1. The van der Waals surface area contributed by atoms with Crippen LogP contribution in [0.5, 0.6) is 0 Å². The molecule has 1 aromatic carbocycles. The Morgan fingerprint density at radius 1 is 0.670 bits per heavy atom. The minimum atomic E-state index is -0.960. The van der Waals surface area contributed by atoms with Gasteiger partial charge in [-0.2, -0.15) is 0 Å². The van der Waals surface area contributed by atoms with Crippen LogP contribution >= 0.6 is 11.3 Å². The molecule has 2 aromatic rings. The van der Waals surface area contributed by atoms with Crippen LogP contribution in [0.2, 0.25) is 0 Å². The van der Waals surface area contributed by atoms with Crippen LogP contribution in [0.25, 0.3) is 0 Å². The average molecular weight is 1350 g/mol. The fraction of sp³-hybridized carbons (Fsp3) is 0.716. The summed E-state index contributed by atoms with van der Waals surface area (Å²) in [6.07, 6.45) is 5.43. The minimum absolute atomic E-state index is 0.0276. The lowest BCUT2D eigenvalue weighted by Gasteiger charge is -2.41. The van der Waals surface area contributed by atoms with E-state index >= 15 is 0 Å². The maximum atomic E-state index is 14.7. The van der Waals surface area contributed by atoms with E-state index in [-0.39, 0.29) is 98.4 Å². The van der Waals surface area contributed by atoms with Gasteiger partial charge in [-0.1, -0.05) is 85.2 Å². The molecule has 0 radical (unpaired) electrons. The second-order valence-electron chi connectivity index (χ2n) is 24.0. The van der Waals surface area contributed by atoms with Crippen LogP contribution in [0.1, 0.15) is 104 Å². The summed E-state index contributed by atoms with van der Waals surface area (Å²) in [5, 5.41) is 11.6. The number of aromatic nitrogens is 1. The van der Waals surface area contributed by atoms with Crippen LogP contribution in [0, 0.1) is 23.7 Å². The third-order valence-electron chi connectivity index (χ3n) is 16.6. The number of amides is 8. The number of methoxy groups -OCH3 is 2. The highest BCUT2D eigenvalue weighted by Gasteiger charge is 2.44. The van der Waals surface area contributed by atoms with Crippen molar-refractivity contribution >= 4 is 58.6 Å². The van der Waals surface area contributed by atoms with E-state index in [0.717, 1.165) is 21.9 Å². The van der Waals surface area contributed by atoms with E-state index in [4.69, 9.17) is 47.4 Å². The van der Waals surface area contributed by atoms with Gasteiger partial charge < -0.3 is 78.0 Å². The molecule has 0 aliphatic carbocycles. The Balaban J connectivity index is 1.08. The molecule has 1 fully saturated rings. The summed E-state index contributed by atoms with van der Waals surface area (Å²) in [5.41, 5.74) is 1.07. The van der Waals surface area contributed by atoms with Gasteiger partial charge in [-0.05, 0) is 42.6 Å². The summed E-state index contributed by atoms with van der Waals surface area (Å²) in [5.74, 6) is -3.93. The number of ether oxygens (including phenoxy) is 10. The van der Waals surface area contributed by atoms with Gasteiger partial charge in [0.05, 0.1) is 155 Å². The fourth-order valence-electron chi connectivity index (χ4n) is 11.3. The van der Waals surface area contributed by atoms with Crippen LogP contribution < -0.4 is 16.0 Å². The Hall–Kier alpha value is -5.85. The van der Waals surface area contributed by atoms with Crippen LogP contribution in [0.15, 0.2) is 54.1 Å². The van der Waals surface area contributed by atoms with Crippen molar-refractivity contribution in [2.75, 3.05) is 154 Å². The van der Waals surface area contributed by atoms with E-state index in [9.17, 15) is 38.4 Å². The lowest BCUT2D eigenvalue weighted by Crippen LogP contribution is -2.60. The van der Waals surface area contributed by atoms with Gasteiger partial charge in [-0.25, -0.2) is 4.98 Å². The molecule has 8 amide bonds. The van der Waals surface area contributed by atoms with Crippen molar-refractivity contribution in [1.29, 1.82) is 0 Å². The van der Waals surface area contributed by atoms with Crippen LogP contribution in [0.4, 0.5) is 0 Å². The summed E-state index contributed by atoms with van der Waals surface area (Å²) in [6, 6.07) is 6.82. The molecule has 3 N–H and O–H groups in total. The predicted molar refractivity (Wildman–Crippen MR) is 352 cm³/mol. The molecule has 0 spiro atoms. The topological polar surface area (TPSA) is 291 Å². The SMILES string of the molecule is CC[C@H](C)[C@@H]([C@@H](CC(=O)N1CCC[C@H]1[C@H](OC)[C@@H](C)C(=O)N[C@@H](Cc1ccccc1)c1nccs1)OC)N(C)C(=O)[C@@H](NC(=O)[C@H](C(C)C)N(C)C(=O)CCOCCOCCOCCOCCOCCOCCOCCOCCNC(=O)CCN1C(=O)C=CC1=O)C(C)C. The second kappa shape index (κ2) is 45.6. The zero-order valence-corrected chi connectivity index (χ0v) is 58.2. The molecule has 1 aromatic heterocycles. The molecule has 9 atom stereocenters. The molecule has 94 heavy (non-hydrogen) atoms. The molecule has 2 aliphatic heterocycles. The summed E-state index contributed by atoms with van der Waals surface area (Å²) >= 11 is 1.48. The summed E-state index contributed by atoms with van der Waals surface area (Å²) in [4.78, 5) is 117. The number of carbonyl (C=O) groups excluding carboxylic acids is 8. The lowest BCUT2D eigenvalue weighted by molar-refractivity contribution is -0.148. The maximum Gasteiger partial charge on any atom is 0.253 e. The first-order valence-electron chi connectivity index (χ1n) is 33.1. The van der Waals surface area contributed by atoms with Crippen molar-refractivity contribution in [3.05, 3.63) is 64.6 Å². The number of likely N-dealkylation sites (tertiary alicyclic amines) is 1. The highest BCUT2D eigenvalue weighted by molar-refractivity contribution is 7.09. The quantitative estimate of drug-likeness (QED) is 0.0622. The number of nitrogens with one attached hydrogen (secondary N) is 3. The smallest absolute Gasteiger partial charge is 0.253 e. The fourth-order valence-corrected chi connectivity index (χ4v) is 12.0. The highest BCUT2D eigenvalue weighted by Crippen LogP contribution is 2.31. The predicted octanol–water partition coefficient (Wildman–Crippen LogP) is 4.04. The van der Waals surface area contributed by atoms with Gasteiger partial charge in [0.15, 0.2) is 0 Å². The average Bonchev–Trinajstić information content (AvgIpc) is 1.47. The van der Waals surface area contributed by atoms with Gasteiger partial charge >= 0.3 is 0 Å². The zero-order valence-electron chi connectivity index (χ0n) is 57.4. The lowest BCUT2D eigenvalue weighted by atomic mass is 9.89. The largest absolute Gasteiger partial charge is 0.379 e. The van der Waals surface area contributed by atoms with E-state index in [1.165, 1.54) is 28.4 Å². The van der Waals surface area contributed by atoms with Crippen molar-refractivity contribution in [1.82, 2.24) is 40.5 Å². The number of thiazole rings is 1. The molecule has 27 heteroatoms. The molecular weight excluding hydrogens is 1240 g/mol. The number of carbonyl (C=O) groups is 8. The van der Waals surface area contributed by atoms with Gasteiger partial charge in [-0.3, -0.25) is 43.3 Å². The van der Waals surface area contributed by atoms with Crippen LogP contribution in [-0.4, -0.2) is 262 Å². The molecule has 0 unspecified atom stereocenters. The molecule has 1 saturated heterocycles. The number of nitrogens with zero attached hydrogens (tertiary/aromatic N) is 5. The first kappa shape index (κ1) is 80.6. The van der Waals surface area contributed by atoms with Crippen molar-refractivity contribution in [3.8, 4) is 0 Å². The molecule has 0 bridgehead atoms. The van der Waals surface area contributed by atoms with E-state index in [1.54, 1.807) is 44.3 Å². The van der Waals surface area contributed by atoms with Crippen LogP contribution in [0.3, 0.4) is 0 Å². The molecule has 3 heterocycles. The van der Waals surface area contributed by atoms with E-state index in [2.05, 4.69) is 20.9 Å². The number of hydrogen-bond acceptors (Lipinski definition) is 20. The van der Waals surface area contributed by atoms with Crippen molar-refractivity contribution < 1.29 is 85.7 Å². The van der Waals surface area contributed by atoms with E-state index in [1.807, 2.05) is 84.2 Å². The Labute approximate surface area is 560 Å². The first-order valence-corrected chi connectivity index (χ1v) is 34.0. The molecular formula is C67H108N8O18S. The summed E-state index contributed by atoms with van der Waals surface area (Å²) < 4.78 is 56.6. The molecule has 2 aliphatic rings. The third kappa shape index (κ3) is 28.1. The number of hydrogen-bond donors (Lipinski definition) is 3. The van der Waals surface area contributed by atoms with Crippen molar-refractivity contribution in [2.45, 2.75) is 136 Å². The van der Waals surface area contributed by atoms with Gasteiger partial charge in [0.2, 0.25) is 35.4 Å². The zero-order chi connectivity index (χ0) is 68.8. The second-order valence-corrected chi connectivity index (χ2v) is 25.0. The Morgan fingerprint density at radius 2 is 1.21 bits per heavy atom. The number of benzene rings is 1. The maximum absolute atomic E-state index is 14.7. The highest BCUT2D eigenvalue weighted by atomic mass is 32.1. The Kier molecular flexibility index (Phi) is 39.1. The van der Waals surface area contributed by atoms with E-state index < -0.39 is 54.0 Å². The standard InChI is InChI=1S/C67H108N8O18S/c1-12-49(6)62(54(84-10)46-59(80)74-26-16-19-53(74)63(85-11)50(7)64(81)70-52(66-69-25-44-94-66)45-51-17-14-13-15-18-51)73(9)67(83)60(47(2)3)71-65(82)61(48(4)5)72(8)56(77)23-28-86-30-32-88-34-36-90-38-40-92-42-43-93-41-39-91-37-35-89-33-31-87-29-24-68-55(76)22-27-75-57(78)20-21-58(75)79/h13-15,17-18,20-21,25,44,47-50,52-54,60-63H,12,16,19,22-24,26-43,45-46H2,1-11H3,(H,68,76)(H,70,81)(H,71,82)/t49-,50+,52-,53-,54+,60-,61-,62-,63+/m0/s1. The van der Waals surface area contributed by atoms with Crippen molar-refractivity contribution in [3.63, 3.8) is 0 Å². The van der Waals surface area contributed by atoms with Gasteiger partial charge in [-0.15, -0.1) is 11.3 Å².